The van der Waals surface area contributed by atoms with Gasteiger partial charge in [0, 0.05) is 11.6 Å². The molecule has 1 heterocycles. The van der Waals surface area contributed by atoms with Crippen molar-refractivity contribution in [1.82, 2.24) is 9.78 Å². The molecule has 0 unspecified atom stereocenters. The van der Waals surface area contributed by atoms with E-state index in [2.05, 4.69) is 12.0 Å². The summed E-state index contributed by atoms with van der Waals surface area (Å²) in [6.07, 6.45) is 0.926. The van der Waals surface area contributed by atoms with Crippen LogP contribution in [0, 0.1) is 19.7 Å². The fourth-order valence-corrected chi connectivity index (χ4v) is 2.43. The van der Waals surface area contributed by atoms with E-state index in [9.17, 15) is 4.39 Å². The fraction of sp³-hybridized carbons (Fsp3) is 0.357. The summed E-state index contributed by atoms with van der Waals surface area (Å²) < 4.78 is 15.3. The van der Waals surface area contributed by atoms with Crippen LogP contribution in [0.25, 0.3) is 5.69 Å². The Labute approximate surface area is 111 Å². The third-order valence-electron chi connectivity index (χ3n) is 3.14. The van der Waals surface area contributed by atoms with Gasteiger partial charge < -0.3 is 0 Å². The van der Waals surface area contributed by atoms with E-state index in [0.717, 1.165) is 29.1 Å². The maximum Gasteiger partial charge on any atom is 0.125 e. The molecule has 0 amide bonds. The number of hydrogen-bond acceptors (Lipinski definition) is 1. The molecule has 2 rings (SSSR count). The van der Waals surface area contributed by atoms with Gasteiger partial charge in [-0.25, -0.2) is 9.07 Å². The molecule has 96 valence electrons. The van der Waals surface area contributed by atoms with Crippen LogP contribution in [0.3, 0.4) is 0 Å². The summed E-state index contributed by atoms with van der Waals surface area (Å²) in [4.78, 5) is 0. The first-order chi connectivity index (χ1) is 8.56. The minimum atomic E-state index is -0.284. The van der Waals surface area contributed by atoms with Crippen molar-refractivity contribution in [2.24, 2.45) is 0 Å². The molecule has 0 aliphatic rings. The van der Waals surface area contributed by atoms with Crippen molar-refractivity contribution in [3.05, 3.63) is 46.5 Å². The zero-order valence-electron chi connectivity index (χ0n) is 10.8. The molecule has 0 spiro atoms. The highest BCUT2D eigenvalue weighted by atomic mass is 35.5. The van der Waals surface area contributed by atoms with E-state index in [1.807, 2.05) is 19.9 Å². The summed E-state index contributed by atoms with van der Waals surface area (Å²) in [5.41, 5.74) is 4.75. The van der Waals surface area contributed by atoms with Gasteiger partial charge in [0.2, 0.25) is 0 Å². The van der Waals surface area contributed by atoms with Crippen LogP contribution in [0.1, 0.15) is 29.4 Å². The molecule has 2 aromatic rings. The van der Waals surface area contributed by atoms with Crippen molar-refractivity contribution in [1.29, 1.82) is 0 Å². The van der Waals surface area contributed by atoms with E-state index < -0.39 is 0 Å². The minimum Gasteiger partial charge on any atom is -0.237 e. The van der Waals surface area contributed by atoms with Crippen molar-refractivity contribution >= 4 is 11.6 Å². The van der Waals surface area contributed by atoms with Gasteiger partial charge >= 0.3 is 0 Å². The molecule has 0 fully saturated rings. The number of aryl methyl sites for hydroxylation is 1. The first-order valence-corrected chi connectivity index (χ1v) is 6.51. The molecule has 0 atom stereocenters. The molecule has 1 aromatic carbocycles. The van der Waals surface area contributed by atoms with E-state index in [0.29, 0.717) is 5.88 Å². The Morgan fingerprint density at radius 1 is 1.28 bits per heavy atom. The number of benzene rings is 1. The lowest BCUT2D eigenvalue weighted by molar-refractivity contribution is 0.623. The fourth-order valence-electron chi connectivity index (χ4n) is 2.27. The molecule has 4 heteroatoms. The van der Waals surface area contributed by atoms with Gasteiger partial charge in [-0.05, 0) is 49.6 Å². The average molecular weight is 267 g/mol. The van der Waals surface area contributed by atoms with E-state index >= 15 is 0 Å². The summed E-state index contributed by atoms with van der Waals surface area (Å²) in [5.74, 6) is 0.0128. The zero-order valence-corrected chi connectivity index (χ0v) is 11.6. The molecule has 0 N–H and O–H groups in total. The second-order valence-electron chi connectivity index (χ2n) is 4.37. The largest absolute Gasteiger partial charge is 0.237 e. The van der Waals surface area contributed by atoms with Gasteiger partial charge in [-0.1, -0.05) is 6.92 Å². The minimum absolute atomic E-state index is 0.284. The maximum atomic E-state index is 13.5. The number of aromatic nitrogens is 2. The van der Waals surface area contributed by atoms with Gasteiger partial charge in [0.15, 0.2) is 0 Å². The number of rotatable bonds is 3. The first kappa shape index (κ1) is 13.1. The van der Waals surface area contributed by atoms with Crippen LogP contribution in [-0.2, 0) is 12.3 Å². The normalized spacial score (nSPS) is 10.9. The standard InChI is InChI=1S/C14H16ClFN2/c1-4-14-9(2)17-18(10(14)3)13-6-11(8-15)5-12(16)7-13/h5-7H,4,8H2,1-3H3. The summed E-state index contributed by atoms with van der Waals surface area (Å²) in [6, 6.07) is 4.80. The van der Waals surface area contributed by atoms with Crippen LogP contribution in [0.15, 0.2) is 18.2 Å². The predicted molar refractivity (Wildman–Crippen MR) is 71.9 cm³/mol. The first-order valence-electron chi connectivity index (χ1n) is 5.97. The molecule has 0 saturated heterocycles. The quantitative estimate of drug-likeness (QED) is 0.770. The average Bonchev–Trinajstić information content (AvgIpc) is 2.63. The lowest BCUT2D eigenvalue weighted by Crippen LogP contribution is -2.01. The number of halogens is 2. The molecule has 0 saturated carbocycles. The lowest BCUT2D eigenvalue weighted by atomic mass is 10.1. The summed E-state index contributed by atoms with van der Waals surface area (Å²) in [5, 5.41) is 4.47. The second-order valence-corrected chi connectivity index (χ2v) is 4.63. The molecule has 0 aliphatic heterocycles. The highest BCUT2D eigenvalue weighted by Gasteiger charge is 2.12. The lowest BCUT2D eigenvalue weighted by Gasteiger charge is -2.07. The van der Waals surface area contributed by atoms with Crippen LogP contribution >= 0.6 is 11.6 Å². The van der Waals surface area contributed by atoms with Gasteiger partial charge in [-0.2, -0.15) is 5.10 Å². The zero-order chi connectivity index (χ0) is 13.3. The molecular weight excluding hydrogens is 251 g/mol. The third kappa shape index (κ3) is 2.27. The smallest absolute Gasteiger partial charge is 0.125 e. The Morgan fingerprint density at radius 3 is 2.56 bits per heavy atom. The number of hydrogen-bond donors (Lipinski definition) is 0. The summed E-state index contributed by atoms with van der Waals surface area (Å²) >= 11 is 5.77. The van der Waals surface area contributed by atoms with Crippen molar-refractivity contribution in [2.45, 2.75) is 33.1 Å². The van der Waals surface area contributed by atoms with E-state index in [1.54, 1.807) is 4.68 Å². The molecular formula is C14H16ClFN2. The van der Waals surface area contributed by atoms with Gasteiger partial charge in [0.05, 0.1) is 11.4 Å². The molecule has 0 aliphatic carbocycles. The van der Waals surface area contributed by atoms with Crippen molar-refractivity contribution < 1.29 is 4.39 Å². The predicted octanol–water partition coefficient (Wildman–Crippen LogP) is 3.93. The topological polar surface area (TPSA) is 17.8 Å². The molecule has 18 heavy (non-hydrogen) atoms. The van der Waals surface area contributed by atoms with Crippen LogP contribution in [0.5, 0.6) is 0 Å². The van der Waals surface area contributed by atoms with Gasteiger partial charge in [0.25, 0.3) is 0 Å². The highest BCUT2D eigenvalue weighted by molar-refractivity contribution is 6.17. The van der Waals surface area contributed by atoms with Crippen LogP contribution in [0.2, 0.25) is 0 Å². The second kappa shape index (κ2) is 5.11. The highest BCUT2D eigenvalue weighted by Crippen LogP contribution is 2.20. The maximum absolute atomic E-state index is 13.5. The Balaban J connectivity index is 2.58. The third-order valence-corrected chi connectivity index (χ3v) is 3.44. The molecule has 2 nitrogen and oxygen atoms in total. The number of alkyl halides is 1. The van der Waals surface area contributed by atoms with Gasteiger partial charge in [0.1, 0.15) is 5.82 Å². The van der Waals surface area contributed by atoms with Crippen LogP contribution in [-0.4, -0.2) is 9.78 Å². The van der Waals surface area contributed by atoms with Gasteiger partial charge in [-0.3, -0.25) is 0 Å². The van der Waals surface area contributed by atoms with Crippen LogP contribution in [0.4, 0.5) is 4.39 Å². The molecule has 0 radical (unpaired) electrons. The van der Waals surface area contributed by atoms with E-state index in [-0.39, 0.29) is 5.82 Å². The van der Waals surface area contributed by atoms with E-state index in [4.69, 9.17) is 11.6 Å². The SMILES string of the molecule is CCc1c(C)nn(-c2cc(F)cc(CCl)c2)c1C. The van der Waals surface area contributed by atoms with Crippen molar-refractivity contribution in [2.75, 3.05) is 0 Å². The van der Waals surface area contributed by atoms with Crippen molar-refractivity contribution in [3.63, 3.8) is 0 Å². The van der Waals surface area contributed by atoms with Crippen LogP contribution < -0.4 is 0 Å². The monoisotopic (exact) mass is 266 g/mol. The Hall–Kier alpha value is -1.35. The summed E-state index contributed by atoms with van der Waals surface area (Å²) in [7, 11) is 0. The molecule has 1 aromatic heterocycles. The van der Waals surface area contributed by atoms with E-state index in [1.165, 1.54) is 17.7 Å². The summed E-state index contributed by atoms with van der Waals surface area (Å²) in [6.45, 7) is 6.07. The Morgan fingerprint density at radius 2 is 2.00 bits per heavy atom. The number of nitrogens with zero attached hydrogens (tertiary/aromatic N) is 2. The van der Waals surface area contributed by atoms with Gasteiger partial charge in [-0.15, -0.1) is 11.6 Å². The Kier molecular flexibility index (Phi) is 3.71. The van der Waals surface area contributed by atoms with Crippen molar-refractivity contribution in [3.8, 4) is 5.69 Å². The Bertz CT molecular complexity index is 575. The molecule has 0 bridgehead atoms.